The molecular weight excluding hydrogens is 348 g/mol. The van der Waals surface area contributed by atoms with Gasteiger partial charge in [0.15, 0.2) is 0 Å². The molecule has 1 aromatic heterocycles. The van der Waals surface area contributed by atoms with Crippen LogP contribution in [-0.2, 0) is 11.3 Å². The van der Waals surface area contributed by atoms with Crippen molar-refractivity contribution in [3.8, 4) is 0 Å². The van der Waals surface area contributed by atoms with Crippen LogP contribution in [0.2, 0.25) is 0 Å². The minimum atomic E-state index is 0.0470. The standard InChI is InChI=1S/C23H28N4O/c1-16-8-9-20-21(14-16)26-22(25-20)15-27-12-10-19(11-13-27)23(28)24-17(2)18-6-4-3-5-7-18/h3-9,14,17,19H,10-13,15H2,1-2H3,(H,24,28)(H,25,26). The van der Waals surface area contributed by atoms with Crippen LogP contribution in [0.3, 0.4) is 0 Å². The minimum Gasteiger partial charge on any atom is -0.349 e. The number of H-pyrrole nitrogens is 1. The highest BCUT2D eigenvalue weighted by molar-refractivity contribution is 5.79. The van der Waals surface area contributed by atoms with E-state index in [2.05, 4.69) is 52.5 Å². The van der Waals surface area contributed by atoms with Gasteiger partial charge in [0.1, 0.15) is 5.82 Å². The summed E-state index contributed by atoms with van der Waals surface area (Å²) in [5.74, 6) is 1.28. The summed E-state index contributed by atoms with van der Waals surface area (Å²) in [5, 5.41) is 3.18. The highest BCUT2D eigenvalue weighted by Gasteiger charge is 2.26. The van der Waals surface area contributed by atoms with Gasteiger partial charge in [-0.2, -0.15) is 0 Å². The molecular formula is C23H28N4O. The number of likely N-dealkylation sites (tertiary alicyclic amines) is 1. The topological polar surface area (TPSA) is 61.0 Å². The van der Waals surface area contributed by atoms with Gasteiger partial charge in [-0.25, -0.2) is 4.98 Å². The summed E-state index contributed by atoms with van der Waals surface area (Å²) in [7, 11) is 0. The summed E-state index contributed by atoms with van der Waals surface area (Å²) in [6.45, 7) is 6.80. The van der Waals surface area contributed by atoms with Gasteiger partial charge in [-0.1, -0.05) is 36.4 Å². The zero-order valence-electron chi connectivity index (χ0n) is 16.6. The van der Waals surface area contributed by atoms with E-state index in [0.29, 0.717) is 0 Å². The van der Waals surface area contributed by atoms with Crippen LogP contribution < -0.4 is 5.32 Å². The van der Waals surface area contributed by atoms with Crippen molar-refractivity contribution in [2.75, 3.05) is 13.1 Å². The van der Waals surface area contributed by atoms with Gasteiger partial charge in [0.2, 0.25) is 5.91 Å². The lowest BCUT2D eigenvalue weighted by molar-refractivity contribution is -0.127. The normalized spacial score (nSPS) is 16.9. The maximum Gasteiger partial charge on any atom is 0.223 e. The number of piperidine rings is 1. The number of nitrogens with one attached hydrogen (secondary N) is 2. The fraction of sp³-hybridized carbons (Fsp3) is 0.391. The van der Waals surface area contributed by atoms with Gasteiger partial charge in [0, 0.05) is 5.92 Å². The number of rotatable bonds is 5. The predicted octanol–water partition coefficient (Wildman–Crippen LogP) is 3.96. The lowest BCUT2D eigenvalue weighted by atomic mass is 9.95. The van der Waals surface area contributed by atoms with Crippen molar-refractivity contribution in [1.82, 2.24) is 20.2 Å². The number of amides is 1. The predicted molar refractivity (Wildman–Crippen MR) is 112 cm³/mol. The first-order valence-electron chi connectivity index (χ1n) is 10.1. The Morgan fingerprint density at radius 2 is 1.96 bits per heavy atom. The number of aryl methyl sites for hydroxylation is 1. The fourth-order valence-corrected chi connectivity index (χ4v) is 3.97. The number of aromatic amines is 1. The Hall–Kier alpha value is -2.66. The van der Waals surface area contributed by atoms with E-state index in [9.17, 15) is 4.79 Å². The molecule has 1 atom stereocenters. The van der Waals surface area contributed by atoms with E-state index in [1.54, 1.807) is 0 Å². The fourth-order valence-electron chi connectivity index (χ4n) is 3.97. The number of nitrogens with zero attached hydrogens (tertiary/aromatic N) is 2. The molecule has 2 heterocycles. The SMILES string of the molecule is Cc1ccc2nc(CN3CCC(C(=O)NC(C)c4ccccc4)CC3)[nH]c2c1. The molecule has 1 fully saturated rings. The Bertz CT molecular complexity index is 942. The van der Waals surface area contributed by atoms with E-state index in [-0.39, 0.29) is 17.9 Å². The number of carbonyl (C=O) groups is 1. The molecule has 5 heteroatoms. The van der Waals surface area contributed by atoms with Crippen LogP contribution in [0, 0.1) is 12.8 Å². The number of aromatic nitrogens is 2. The molecule has 1 aliphatic rings. The number of benzene rings is 2. The molecule has 146 valence electrons. The molecule has 1 saturated heterocycles. The molecule has 0 radical (unpaired) electrons. The van der Waals surface area contributed by atoms with Gasteiger partial charge in [0.05, 0.1) is 23.6 Å². The van der Waals surface area contributed by atoms with Gasteiger partial charge in [-0.15, -0.1) is 0 Å². The summed E-state index contributed by atoms with van der Waals surface area (Å²) in [6, 6.07) is 16.5. The van der Waals surface area contributed by atoms with Crippen LogP contribution in [0.4, 0.5) is 0 Å². The number of imidazole rings is 1. The van der Waals surface area contributed by atoms with Crippen molar-refractivity contribution >= 4 is 16.9 Å². The highest BCUT2D eigenvalue weighted by Crippen LogP contribution is 2.21. The Morgan fingerprint density at radius 1 is 1.21 bits per heavy atom. The third-order valence-corrected chi connectivity index (χ3v) is 5.68. The summed E-state index contributed by atoms with van der Waals surface area (Å²) < 4.78 is 0. The number of carbonyl (C=O) groups excluding carboxylic acids is 1. The van der Waals surface area contributed by atoms with Crippen LogP contribution in [0.1, 0.15) is 42.8 Å². The largest absolute Gasteiger partial charge is 0.349 e. The molecule has 4 rings (SSSR count). The zero-order chi connectivity index (χ0) is 19.5. The maximum atomic E-state index is 12.6. The van der Waals surface area contributed by atoms with Crippen molar-refractivity contribution in [2.45, 2.75) is 39.3 Å². The lowest BCUT2D eigenvalue weighted by Crippen LogP contribution is -2.41. The van der Waals surface area contributed by atoms with E-state index < -0.39 is 0 Å². The molecule has 0 bridgehead atoms. The molecule has 1 aliphatic heterocycles. The van der Waals surface area contributed by atoms with Gasteiger partial charge < -0.3 is 10.3 Å². The third kappa shape index (κ3) is 4.25. The summed E-state index contributed by atoms with van der Waals surface area (Å²) in [4.78, 5) is 23.2. The smallest absolute Gasteiger partial charge is 0.223 e. The van der Waals surface area contributed by atoms with Crippen molar-refractivity contribution in [3.05, 3.63) is 65.5 Å². The van der Waals surface area contributed by atoms with Gasteiger partial charge >= 0.3 is 0 Å². The van der Waals surface area contributed by atoms with Crippen molar-refractivity contribution in [3.63, 3.8) is 0 Å². The van der Waals surface area contributed by atoms with E-state index in [4.69, 9.17) is 4.98 Å². The molecule has 1 unspecified atom stereocenters. The third-order valence-electron chi connectivity index (χ3n) is 5.68. The summed E-state index contributed by atoms with van der Waals surface area (Å²) >= 11 is 0. The van der Waals surface area contributed by atoms with Crippen molar-refractivity contribution in [1.29, 1.82) is 0 Å². The number of hydrogen-bond donors (Lipinski definition) is 2. The van der Waals surface area contributed by atoms with Gasteiger partial charge in [0.25, 0.3) is 0 Å². The Labute approximate surface area is 166 Å². The molecule has 1 amide bonds. The van der Waals surface area contributed by atoms with Crippen molar-refractivity contribution < 1.29 is 4.79 Å². The van der Waals surface area contributed by atoms with Gasteiger partial charge in [-0.05, 0) is 63.0 Å². The Morgan fingerprint density at radius 3 is 2.71 bits per heavy atom. The van der Waals surface area contributed by atoms with Crippen LogP contribution >= 0.6 is 0 Å². The summed E-state index contributed by atoms with van der Waals surface area (Å²) in [5.41, 5.74) is 4.50. The highest BCUT2D eigenvalue weighted by atomic mass is 16.1. The second-order valence-electron chi connectivity index (χ2n) is 7.90. The average Bonchev–Trinajstić information content (AvgIpc) is 3.10. The number of hydrogen-bond acceptors (Lipinski definition) is 3. The number of fused-ring (bicyclic) bond motifs is 1. The van der Waals surface area contributed by atoms with Crippen LogP contribution in [0.5, 0.6) is 0 Å². The molecule has 2 aromatic carbocycles. The first kappa shape index (κ1) is 18.7. The second-order valence-corrected chi connectivity index (χ2v) is 7.90. The summed E-state index contributed by atoms with van der Waals surface area (Å²) in [6.07, 6.45) is 1.79. The first-order valence-corrected chi connectivity index (χ1v) is 10.1. The molecule has 0 saturated carbocycles. The lowest BCUT2D eigenvalue weighted by Gasteiger charge is -2.31. The van der Waals surface area contributed by atoms with Crippen molar-refractivity contribution in [2.24, 2.45) is 5.92 Å². The average molecular weight is 377 g/mol. The first-order chi connectivity index (χ1) is 13.6. The van der Waals surface area contributed by atoms with E-state index in [1.807, 2.05) is 25.1 Å². The maximum absolute atomic E-state index is 12.6. The Balaban J connectivity index is 1.29. The molecule has 5 nitrogen and oxygen atoms in total. The minimum absolute atomic E-state index is 0.0470. The molecule has 2 N–H and O–H groups in total. The van der Waals surface area contributed by atoms with Gasteiger partial charge in [-0.3, -0.25) is 9.69 Å². The molecule has 3 aromatic rings. The molecule has 0 aliphatic carbocycles. The van der Waals surface area contributed by atoms with Crippen LogP contribution in [0.25, 0.3) is 11.0 Å². The van der Waals surface area contributed by atoms with E-state index in [1.165, 1.54) is 5.56 Å². The molecule has 0 spiro atoms. The quantitative estimate of drug-likeness (QED) is 0.708. The molecule has 28 heavy (non-hydrogen) atoms. The zero-order valence-corrected chi connectivity index (χ0v) is 16.6. The monoisotopic (exact) mass is 376 g/mol. The van der Waals surface area contributed by atoms with E-state index in [0.717, 1.165) is 54.9 Å². The second kappa shape index (κ2) is 8.15. The van der Waals surface area contributed by atoms with E-state index >= 15 is 0 Å². The van der Waals surface area contributed by atoms with Crippen LogP contribution in [0.15, 0.2) is 48.5 Å². The Kier molecular flexibility index (Phi) is 5.44. The van der Waals surface area contributed by atoms with Crippen LogP contribution in [-0.4, -0.2) is 33.9 Å².